The molecular formula is C15H17Br2N3. The molecule has 20 heavy (non-hydrogen) atoms. The Bertz CT molecular complexity index is 560. The van der Waals surface area contributed by atoms with E-state index in [2.05, 4.69) is 67.0 Å². The molecular weight excluding hydrogens is 382 g/mol. The number of hydrogen-bond donors (Lipinski definition) is 1. The molecule has 3 nitrogen and oxygen atoms in total. The standard InChI is InChI=1S/C15H17Br2N3/c1-20(10-11-3-2-6-19-9-11)15(8-18)12-4-5-13(16)14(17)7-12/h2-7,9,15H,8,10,18H2,1H3. The van der Waals surface area contributed by atoms with E-state index in [0.29, 0.717) is 6.54 Å². The lowest BCUT2D eigenvalue weighted by Gasteiger charge is -2.27. The first-order chi connectivity index (χ1) is 9.61. The number of nitrogens with two attached hydrogens (primary N) is 1. The summed E-state index contributed by atoms with van der Waals surface area (Å²) in [5.41, 5.74) is 8.35. The van der Waals surface area contributed by atoms with Crippen LogP contribution >= 0.6 is 31.9 Å². The third-order valence-electron chi connectivity index (χ3n) is 3.24. The molecule has 2 N–H and O–H groups in total. The molecule has 0 aliphatic carbocycles. The maximum absolute atomic E-state index is 5.96. The van der Waals surface area contributed by atoms with Crippen LogP contribution in [0.25, 0.3) is 0 Å². The summed E-state index contributed by atoms with van der Waals surface area (Å²) in [5.74, 6) is 0. The Morgan fingerprint density at radius 2 is 2.05 bits per heavy atom. The third kappa shape index (κ3) is 3.88. The molecule has 0 aliphatic heterocycles. The van der Waals surface area contributed by atoms with E-state index in [9.17, 15) is 0 Å². The van der Waals surface area contributed by atoms with Gasteiger partial charge in [-0.1, -0.05) is 12.1 Å². The van der Waals surface area contributed by atoms with Crippen LogP contribution in [0.5, 0.6) is 0 Å². The summed E-state index contributed by atoms with van der Waals surface area (Å²) in [4.78, 5) is 6.39. The molecule has 0 amide bonds. The number of hydrogen-bond acceptors (Lipinski definition) is 3. The molecule has 0 radical (unpaired) electrons. The minimum absolute atomic E-state index is 0.180. The van der Waals surface area contributed by atoms with E-state index < -0.39 is 0 Å². The zero-order valence-electron chi connectivity index (χ0n) is 11.3. The molecule has 1 unspecified atom stereocenters. The van der Waals surface area contributed by atoms with Crippen LogP contribution in [0.2, 0.25) is 0 Å². The van der Waals surface area contributed by atoms with Crippen LogP contribution in [-0.2, 0) is 6.54 Å². The summed E-state index contributed by atoms with van der Waals surface area (Å²) < 4.78 is 2.09. The summed E-state index contributed by atoms with van der Waals surface area (Å²) in [6.07, 6.45) is 3.68. The minimum Gasteiger partial charge on any atom is -0.329 e. The van der Waals surface area contributed by atoms with Crippen molar-refractivity contribution in [1.82, 2.24) is 9.88 Å². The van der Waals surface area contributed by atoms with E-state index in [4.69, 9.17) is 5.73 Å². The quantitative estimate of drug-likeness (QED) is 0.833. The second-order valence-corrected chi connectivity index (χ2v) is 6.41. The van der Waals surface area contributed by atoms with E-state index in [1.807, 2.05) is 18.3 Å². The zero-order chi connectivity index (χ0) is 14.5. The fourth-order valence-corrected chi connectivity index (χ4v) is 2.82. The number of nitrogens with zero attached hydrogens (tertiary/aromatic N) is 2. The van der Waals surface area contributed by atoms with Crippen LogP contribution < -0.4 is 5.73 Å². The second kappa shape index (κ2) is 7.31. The van der Waals surface area contributed by atoms with Gasteiger partial charge in [0.2, 0.25) is 0 Å². The molecule has 0 spiro atoms. The lowest BCUT2D eigenvalue weighted by Crippen LogP contribution is -2.30. The van der Waals surface area contributed by atoms with E-state index in [-0.39, 0.29) is 6.04 Å². The Kier molecular flexibility index (Phi) is 5.72. The van der Waals surface area contributed by atoms with Crippen molar-refractivity contribution in [3.05, 3.63) is 62.8 Å². The van der Waals surface area contributed by atoms with Gasteiger partial charge in [-0.3, -0.25) is 9.88 Å². The normalized spacial score (nSPS) is 12.7. The number of aromatic nitrogens is 1. The number of pyridine rings is 1. The van der Waals surface area contributed by atoms with E-state index >= 15 is 0 Å². The van der Waals surface area contributed by atoms with Crippen LogP contribution in [-0.4, -0.2) is 23.5 Å². The van der Waals surface area contributed by atoms with Crippen molar-refractivity contribution in [2.45, 2.75) is 12.6 Å². The highest BCUT2D eigenvalue weighted by atomic mass is 79.9. The minimum atomic E-state index is 0.180. The van der Waals surface area contributed by atoms with Gasteiger partial charge in [0.25, 0.3) is 0 Å². The highest BCUT2D eigenvalue weighted by Crippen LogP contribution is 2.28. The third-order valence-corrected chi connectivity index (χ3v) is 5.12. The Balaban J connectivity index is 2.16. The monoisotopic (exact) mass is 397 g/mol. The first kappa shape index (κ1) is 15.6. The summed E-state index contributed by atoms with van der Waals surface area (Å²) in [6.45, 7) is 1.40. The number of rotatable bonds is 5. The molecule has 0 fully saturated rings. The summed E-state index contributed by atoms with van der Waals surface area (Å²) >= 11 is 7.03. The van der Waals surface area contributed by atoms with Crippen molar-refractivity contribution in [3.8, 4) is 0 Å². The highest BCUT2D eigenvalue weighted by Gasteiger charge is 2.16. The highest BCUT2D eigenvalue weighted by molar-refractivity contribution is 9.13. The van der Waals surface area contributed by atoms with Crippen LogP contribution in [0, 0.1) is 0 Å². The summed E-state index contributed by atoms with van der Waals surface area (Å²) in [6, 6.07) is 10.5. The van der Waals surface area contributed by atoms with Gasteiger partial charge in [0.15, 0.2) is 0 Å². The SMILES string of the molecule is CN(Cc1cccnc1)C(CN)c1ccc(Br)c(Br)c1. The Morgan fingerprint density at radius 1 is 1.25 bits per heavy atom. The van der Waals surface area contributed by atoms with Crippen molar-refractivity contribution in [3.63, 3.8) is 0 Å². The van der Waals surface area contributed by atoms with Crippen molar-refractivity contribution in [2.75, 3.05) is 13.6 Å². The number of halogens is 2. The maximum Gasteiger partial charge on any atom is 0.0471 e. The van der Waals surface area contributed by atoms with Gasteiger partial charge in [-0.05, 0) is 68.2 Å². The lowest BCUT2D eigenvalue weighted by molar-refractivity contribution is 0.241. The average molecular weight is 399 g/mol. The topological polar surface area (TPSA) is 42.2 Å². The second-order valence-electron chi connectivity index (χ2n) is 4.70. The fraction of sp³-hybridized carbons (Fsp3) is 0.267. The van der Waals surface area contributed by atoms with Crippen LogP contribution in [0.1, 0.15) is 17.2 Å². The zero-order valence-corrected chi connectivity index (χ0v) is 14.4. The predicted octanol–water partition coefficient (Wildman–Crippen LogP) is 3.74. The molecule has 106 valence electrons. The molecule has 1 atom stereocenters. The molecule has 1 aromatic carbocycles. The van der Waals surface area contributed by atoms with Crippen LogP contribution in [0.4, 0.5) is 0 Å². The van der Waals surface area contributed by atoms with Gasteiger partial charge in [-0.15, -0.1) is 0 Å². The van der Waals surface area contributed by atoms with Crippen molar-refractivity contribution < 1.29 is 0 Å². The van der Waals surface area contributed by atoms with Gasteiger partial charge >= 0.3 is 0 Å². The molecule has 2 rings (SSSR count). The van der Waals surface area contributed by atoms with E-state index in [1.165, 1.54) is 11.1 Å². The van der Waals surface area contributed by atoms with Crippen molar-refractivity contribution in [2.24, 2.45) is 5.73 Å². The van der Waals surface area contributed by atoms with Crippen molar-refractivity contribution in [1.29, 1.82) is 0 Å². The van der Waals surface area contributed by atoms with Gasteiger partial charge in [-0.25, -0.2) is 0 Å². The molecule has 5 heteroatoms. The van der Waals surface area contributed by atoms with Gasteiger partial charge in [0.05, 0.1) is 0 Å². The first-order valence-electron chi connectivity index (χ1n) is 6.36. The summed E-state index contributed by atoms with van der Waals surface area (Å²) in [5, 5.41) is 0. The van der Waals surface area contributed by atoms with E-state index in [1.54, 1.807) is 6.20 Å². The molecule has 0 bridgehead atoms. The predicted molar refractivity (Wildman–Crippen MR) is 89.3 cm³/mol. The summed E-state index contributed by atoms with van der Waals surface area (Å²) in [7, 11) is 2.08. The fourth-order valence-electron chi connectivity index (χ4n) is 2.18. The van der Waals surface area contributed by atoms with Gasteiger partial charge in [0.1, 0.15) is 0 Å². The Morgan fingerprint density at radius 3 is 2.65 bits per heavy atom. The molecule has 1 heterocycles. The van der Waals surface area contributed by atoms with Crippen LogP contribution in [0.15, 0.2) is 51.7 Å². The van der Waals surface area contributed by atoms with Crippen LogP contribution in [0.3, 0.4) is 0 Å². The van der Waals surface area contributed by atoms with Gasteiger partial charge in [0, 0.05) is 40.5 Å². The Labute approximate surface area is 136 Å². The smallest absolute Gasteiger partial charge is 0.0471 e. The molecule has 0 aliphatic rings. The average Bonchev–Trinajstić information content (AvgIpc) is 2.44. The first-order valence-corrected chi connectivity index (χ1v) is 7.94. The van der Waals surface area contributed by atoms with Crippen molar-refractivity contribution >= 4 is 31.9 Å². The molecule has 0 saturated carbocycles. The molecule has 0 saturated heterocycles. The molecule has 1 aromatic heterocycles. The number of likely N-dealkylation sites (N-methyl/N-ethyl adjacent to an activating group) is 1. The molecule has 2 aromatic rings. The van der Waals surface area contributed by atoms with Gasteiger partial charge in [-0.2, -0.15) is 0 Å². The van der Waals surface area contributed by atoms with Gasteiger partial charge < -0.3 is 5.73 Å². The largest absolute Gasteiger partial charge is 0.329 e. The maximum atomic E-state index is 5.96. The Hall–Kier alpha value is -0.750. The number of benzene rings is 1. The lowest BCUT2D eigenvalue weighted by atomic mass is 10.1. The van der Waals surface area contributed by atoms with E-state index in [0.717, 1.165) is 15.5 Å².